The quantitative estimate of drug-likeness (QED) is 0.408. The lowest BCUT2D eigenvalue weighted by Crippen LogP contribution is -2.23. The highest BCUT2D eigenvalue weighted by atomic mass is 32.1. The molecule has 0 amide bonds. The minimum atomic E-state index is 0.122. The van der Waals surface area contributed by atoms with E-state index in [2.05, 4.69) is 22.7 Å². The normalized spacial score (nSPS) is 10.9. The van der Waals surface area contributed by atoms with Crippen LogP contribution in [0.15, 0.2) is 35.4 Å². The van der Waals surface area contributed by atoms with Crippen LogP contribution in [0.1, 0.15) is 5.56 Å². The molecule has 0 aliphatic carbocycles. The Bertz CT molecular complexity index is 401. The van der Waals surface area contributed by atoms with Gasteiger partial charge in [0.05, 0.1) is 0 Å². The summed E-state index contributed by atoms with van der Waals surface area (Å²) in [5, 5.41) is 13.0. The molecule has 0 saturated carbocycles. The lowest BCUT2D eigenvalue weighted by Gasteiger charge is -1.93. The first-order valence-corrected chi connectivity index (χ1v) is 4.63. The van der Waals surface area contributed by atoms with Gasteiger partial charge in [0.2, 0.25) is 0 Å². The van der Waals surface area contributed by atoms with Crippen LogP contribution >= 0.6 is 12.2 Å². The molecule has 0 aliphatic heterocycles. The van der Waals surface area contributed by atoms with Crippen LogP contribution < -0.4 is 11.2 Å². The fraction of sp³-hybridized carbons (Fsp3) is 0. The van der Waals surface area contributed by atoms with Crippen molar-refractivity contribution in [2.24, 2.45) is 10.8 Å². The number of phenols is 1. The number of thiocarbonyl (C=S) groups is 1. The molecular formula is C10H11N3OS. The van der Waals surface area contributed by atoms with Gasteiger partial charge in [-0.2, -0.15) is 5.10 Å². The van der Waals surface area contributed by atoms with E-state index in [1.807, 2.05) is 6.07 Å². The average molecular weight is 221 g/mol. The Balaban J connectivity index is 2.51. The van der Waals surface area contributed by atoms with Gasteiger partial charge in [-0.3, -0.25) is 5.43 Å². The van der Waals surface area contributed by atoms with Gasteiger partial charge >= 0.3 is 0 Å². The largest absolute Gasteiger partial charge is 0.508 e. The molecule has 1 rings (SSSR count). The third-order valence-electron chi connectivity index (χ3n) is 1.49. The second-order valence-corrected chi connectivity index (χ2v) is 3.15. The summed E-state index contributed by atoms with van der Waals surface area (Å²) in [7, 11) is 0. The Kier molecular flexibility index (Phi) is 4.30. The maximum Gasteiger partial charge on any atom is 0.184 e. The molecule has 0 aliphatic rings. The van der Waals surface area contributed by atoms with Gasteiger partial charge in [-0.1, -0.05) is 18.2 Å². The molecule has 78 valence electrons. The topological polar surface area (TPSA) is 70.6 Å². The summed E-state index contributed by atoms with van der Waals surface area (Å²) in [5.41, 5.74) is 8.46. The lowest BCUT2D eigenvalue weighted by atomic mass is 10.2. The third-order valence-corrected chi connectivity index (χ3v) is 1.59. The summed E-state index contributed by atoms with van der Waals surface area (Å²) in [6.45, 7) is 0. The standard InChI is InChI=1S/C10H11N3OS/c11-10(15)13-12-6-2-4-8-3-1-5-9(14)7-8/h1-7,14H,(H3,11,13,15). The van der Waals surface area contributed by atoms with Crippen molar-refractivity contribution in [2.75, 3.05) is 0 Å². The monoisotopic (exact) mass is 221 g/mol. The van der Waals surface area contributed by atoms with Gasteiger partial charge in [-0.05, 0) is 36.0 Å². The van der Waals surface area contributed by atoms with Gasteiger partial charge < -0.3 is 10.8 Å². The number of nitrogens with zero attached hydrogens (tertiary/aromatic N) is 1. The molecule has 4 N–H and O–H groups in total. The Hall–Kier alpha value is -1.88. The van der Waals surface area contributed by atoms with Crippen LogP contribution in [0.3, 0.4) is 0 Å². The molecule has 0 spiro atoms. The van der Waals surface area contributed by atoms with Crippen LogP contribution in [0.4, 0.5) is 0 Å². The fourth-order valence-corrected chi connectivity index (χ4v) is 0.979. The second kappa shape index (κ2) is 5.77. The summed E-state index contributed by atoms with van der Waals surface area (Å²) < 4.78 is 0. The van der Waals surface area contributed by atoms with E-state index in [1.165, 1.54) is 6.21 Å². The van der Waals surface area contributed by atoms with Crippen molar-refractivity contribution in [1.29, 1.82) is 0 Å². The molecule has 1 aromatic carbocycles. The van der Waals surface area contributed by atoms with Crippen LogP contribution in [-0.2, 0) is 0 Å². The first-order chi connectivity index (χ1) is 7.18. The van der Waals surface area contributed by atoms with Crippen molar-refractivity contribution >= 4 is 29.6 Å². The van der Waals surface area contributed by atoms with Gasteiger partial charge in [0, 0.05) is 6.21 Å². The predicted molar refractivity (Wildman–Crippen MR) is 65.6 cm³/mol. The van der Waals surface area contributed by atoms with E-state index >= 15 is 0 Å². The Morgan fingerprint density at radius 2 is 2.33 bits per heavy atom. The number of nitrogens with two attached hydrogens (primary N) is 1. The van der Waals surface area contributed by atoms with Crippen molar-refractivity contribution in [2.45, 2.75) is 0 Å². The highest BCUT2D eigenvalue weighted by Crippen LogP contribution is 2.11. The number of hydrogen-bond donors (Lipinski definition) is 3. The third kappa shape index (κ3) is 4.78. The summed E-state index contributed by atoms with van der Waals surface area (Å²) in [5.74, 6) is 0.232. The van der Waals surface area contributed by atoms with E-state index in [-0.39, 0.29) is 10.9 Å². The minimum Gasteiger partial charge on any atom is -0.508 e. The van der Waals surface area contributed by atoms with E-state index in [4.69, 9.17) is 5.73 Å². The van der Waals surface area contributed by atoms with Crippen molar-refractivity contribution in [3.05, 3.63) is 35.9 Å². The zero-order valence-corrected chi connectivity index (χ0v) is 8.74. The number of nitrogens with one attached hydrogen (secondary N) is 1. The molecule has 0 unspecified atom stereocenters. The number of hydrogen-bond acceptors (Lipinski definition) is 3. The van der Waals surface area contributed by atoms with Gasteiger partial charge in [0.25, 0.3) is 0 Å². The molecule has 0 aromatic heterocycles. The van der Waals surface area contributed by atoms with Gasteiger partial charge in [-0.15, -0.1) is 0 Å². The number of hydrazone groups is 1. The molecule has 5 heteroatoms. The summed E-state index contributed by atoms with van der Waals surface area (Å²) >= 11 is 4.55. The minimum absolute atomic E-state index is 0.122. The molecule has 1 aromatic rings. The first kappa shape index (κ1) is 11.2. The zero-order valence-electron chi connectivity index (χ0n) is 7.92. The number of phenolic OH excluding ortho intramolecular Hbond substituents is 1. The predicted octanol–water partition coefficient (Wildman–Crippen LogP) is 1.22. The Morgan fingerprint density at radius 1 is 1.53 bits per heavy atom. The van der Waals surface area contributed by atoms with Crippen LogP contribution in [0.25, 0.3) is 6.08 Å². The first-order valence-electron chi connectivity index (χ1n) is 4.22. The van der Waals surface area contributed by atoms with Crippen LogP contribution in [0, 0.1) is 0 Å². The SMILES string of the molecule is NC(=S)NN=CC=Cc1cccc(O)c1. The van der Waals surface area contributed by atoms with Crippen LogP contribution in [-0.4, -0.2) is 16.4 Å². The zero-order chi connectivity index (χ0) is 11.1. The van der Waals surface area contributed by atoms with Crippen molar-refractivity contribution in [3.8, 4) is 5.75 Å². The highest BCUT2D eigenvalue weighted by molar-refractivity contribution is 7.80. The van der Waals surface area contributed by atoms with Crippen LogP contribution in [0.5, 0.6) is 5.75 Å². The average Bonchev–Trinajstić information content (AvgIpc) is 2.17. The van der Waals surface area contributed by atoms with E-state index in [0.717, 1.165) is 5.56 Å². The van der Waals surface area contributed by atoms with E-state index in [0.29, 0.717) is 0 Å². The lowest BCUT2D eigenvalue weighted by molar-refractivity contribution is 0.475. The molecule has 0 saturated heterocycles. The Labute approximate surface area is 93.1 Å². The van der Waals surface area contributed by atoms with Crippen molar-refractivity contribution in [1.82, 2.24) is 5.43 Å². The van der Waals surface area contributed by atoms with Gasteiger partial charge in [-0.25, -0.2) is 0 Å². The van der Waals surface area contributed by atoms with Crippen LogP contribution in [0.2, 0.25) is 0 Å². The molecule has 0 radical (unpaired) electrons. The van der Waals surface area contributed by atoms with Crippen molar-refractivity contribution < 1.29 is 5.11 Å². The molecule has 0 bridgehead atoms. The van der Waals surface area contributed by atoms with Gasteiger partial charge in [0.1, 0.15) is 5.75 Å². The molecule has 0 fully saturated rings. The smallest absolute Gasteiger partial charge is 0.184 e. The van der Waals surface area contributed by atoms with Crippen molar-refractivity contribution in [3.63, 3.8) is 0 Å². The van der Waals surface area contributed by atoms with E-state index in [1.54, 1.807) is 30.4 Å². The molecule has 15 heavy (non-hydrogen) atoms. The van der Waals surface area contributed by atoms with Gasteiger partial charge in [0.15, 0.2) is 5.11 Å². The molecule has 0 atom stereocenters. The molecular weight excluding hydrogens is 210 g/mol. The molecule has 0 heterocycles. The maximum atomic E-state index is 9.18. The Morgan fingerprint density at radius 3 is 3.00 bits per heavy atom. The number of aromatic hydroxyl groups is 1. The highest BCUT2D eigenvalue weighted by Gasteiger charge is 1.87. The number of allylic oxidation sites excluding steroid dienone is 1. The fourth-order valence-electron chi connectivity index (χ4n) is 0.927. The summed E-state index contributed by atoms with van der Waals surface area (Å²) in [6, 6.07) is 6.88. The maximum absolute atomic E-state index is 9.18. The summed E-state index contributed by atoms with van der Waals surface area (Å²) in [4.78, 5) is 0. The summed E-state index contributed by atoms with van der Waals surface area (Å²) in [6.07, 6.45) is 5.02. The van der Waals surface area contributed by atoms with E-state index < -0.39 is 0 Å². The molecule has 4 nitrogen and oxygen atoms in total. The number of benzene rings is 1. The second-order valence-electron chi connectivity index (χ2n) is 2.71. The number of rotatable bonds is 3. The van der Waals surface area contributed by atoms with E-state index in [9.17, 15) is 5.11 Å².